The van der Waals surface area contributed by atoms with Crippen molar-refractivity contribution in [3.05, 3.63) is 11.8 Å². The van der Waals surface area contributed by atoms with Crippen LogP contribution in [0.25, 0.3) is 0 Å². The number of nitrogens with two attached hydrogens (primary N) is 1. The van der Waals surface area contributed by atoms with Gasteiger partial charge in [-0.1, -0.05) is 13.8 Å². The van der Waals surface area contributed by atoms with Gasteiger partial charge in [0, 0.05) is 18.5 Å². The Hall–Kier alpha value is -0.940. The van der Waals surface area contributed by atoms with E-state index in [1.807, 2.05) is 6.92 Å². The van der Waals surface area contributed by atoms with Crippen molar-refractivity contribution in [3.8, 4) is 0 Å². The van der Waals surface area contributed by atoms with Crippen LogP contribution in [0.1, 0.15) is 57.7 Å². The number of hydrogen-bond donors (Lipinski definition) is 1. The second-order valence-electron chi connectivity index (χ2n) is 5.48. The molecule has 1 heterocycles. The van der Waals surface area contributed by atoms with E-state index in [1.54, 1.807) is 0 Å². The molecule has 2 N–H and O–H groups in total. The maximum Gasteiger partial charge on any atom is 0.230 e. The van der Waals surface area contributed by atoms with Crippen molar-refractivity contribution < 1.29 is 4.42 Å². The summed E-state index contributed by atoms with van der Waals surface area (Å²) >= 11 is 0. The van der Waals surface area contributed by atoms with Crippen LogP contribution in [-0.2, 0) is 13.0 Å². The summed E-state index contributed by atoms with van der Waals surface area (Å²) in [6, 6.07) is 1.02. The predicted octanol–water partition coefficient (Wildman–Crippen LogP) is 2.11. The van der Waals surface area contributed by atoms with Crippen molar-refractivity contribution >= 4 is 0 Å². The van der Waals surface area contributed by atoms with Gasteiger partial charge in [-0.3, -0.25) is 4.90 Å². The molecule has 1 aromatic heterocycles. The molecule has 1 aliphatic rings. The van der Waals surface area contributed by atoms with Gasteiger partial charge >= 0.3 is 0 Å². The summed E-state index contributed by atoms with van der Waals surface area (Å²) in [5.74, 6) is 1.48. The number of nitrogens with zero attached hydrogens (tertiary/aromatic N) is 3. The number of hydrogen-bond acceptors (Lipinski definition) is 5. The van der Waals surface area contributed by atoms with E-state index in [0.717, 1.165) is 50.6 Å². The fourth-order valence-electron chi connectivity index (χ4n) is 2.81. The Morgan fingerprint density at radius 1 is 1.16 bits per heavy atom. The SMILES string of the molecule is CCCN(Cc1nnc(CC)o1)C1CCC(N)CC1. The first-order chi connectivity index (χ1) is 9.22. The van der Waals surface area contributed by atoms with Crippen LogP contribution in [-0.4, -0.2) is 33.7 Å². The van der Waals surface area contributed by atoms with Gasteiger partial charge < -0.3 is 10.2 Å². The molecule has 1 aliphatic carbocycles. The van der Waals surface area contributed by atoms with Gasteiger partial charge in [0.15, 0.2) is 0 Å². The summed E-state index contributed by atoms with van der Waals surface area (Å²) in [6.07, 6.45) is 6.60. The van der Waals surface area contributed by atoms with Crippen molar-refractivity contribution in [3.63, 3.8) is 0 Å². The standard InChI is InChI=1S/C14H26N4O/c1-3-9-18(12-7-5-11(15)6-8-12)10-14-17-16-13(4-2)19-14/h11-12H,3-10,15H2,1-2H3. The third-order valence-electron chi connectivity index (χ3n) is 3.92. The largest absolute Gasteiger partial charge is 0.424 e. The zero-order chi connectivity index (χ0) is 13.7. The van der Waals surface area contributed by atoms with Gasteiger partial charge in [-0.25, -0.2) is 0 Å². The number of aromatic nitrogens is 2. The lowest BCUT2D eigenvalue weighted by Gasteiger charge is -2.35. The molecule has 0 saturated heterocycles. The lowest BCUT2D eigenvalue weighted by molar-refractivity contribution is 0.129. The smallest absolute Gasteiger partial charge is 0.230 e. The molecule has 19 heavy (non-hydrogen) atoms. The van der Waals surface area contributed by atoms with Crippen LogP contribution >= 0.6 is 0 Å². The van der Waals surface area contributed by atoms with E-state index < -0.39 is 0 Å². The Kier molecular flexibility index (Phi) is 5.34. The van der Waals surface area contributed by atoms with Gasteiger partial charge in [-0.05, 0) is 38.6 Å². The lowest BCUT2D eigenvalue weighted by Crippen LogP contribution is -2.40. The molecule has 0 radical (unpaired) electrons. The first-order valence-electron chi connectivity index (χ1n) is 7.53. The van der Waals surface area contributed by atoms with Crippen molar-refractivity contribution in [2.24, 2.45) is 5.73 Å². The Morgan fingerprint density at radius 3 is 2.42 bits per heavy atom. The molecule has 0 bridgehead atoms. The van der Waals surface area contributed by atoms with E-state index in [2.05, 4.69) is 22.0 Å². The predicted molar refractivity (Wildman–Crippen MR) is 74.6 cm³/mol. The summed E-state index contributed by atoms with van der Waals surface area (Å²) in [4.78, 5) is 2.48. The van der Waals surface area contributed by atoms with Gasteiger partial charge in [0.2, 0.25) is 11.8 Å². The summed E-state index contributed by atoms with van der Waals surface area (Å²) in [6.45, 7) is 6.11. The van der Waals surface area contributed by atoms with Crippen LogP contribution in [0.4, 0.5) is 0 Å². The van der Waals surface area contributed by atoms with E-state index >= 15 is 0 Å². The van der Waals surface area contributed by atoms with E-state index in [4.69, 9.17) is 10.2 Å². The molecular formula is C14H26N4O. The lowest BCUT2D eigenvalue weighted by atomic mass is 9.90. The highest BCUT2D eigenvalue weighted by molar-refractivity contribution is 4.86. The van der Waals surface area contributed by atoms with Crippen LogP contribution < -0.4 is 5.73 Å². The summed E-state index contributed by atoms with van der Waals surface area (Å²) in [7, 11) is 0. The van der Waals surface area contributed by atoms with Crippen molar-refractivity contribution in [2.45, 2.75) is 71.0 Å². The molecular weight excluding hydrogens is 240 g/mol. The van der Waals surface area contributed by atoms with E-state index in [0.29, 0.717) is 12.1 Å². The minimum absolute atomic E-state index is 0.398. The van der Waals surface area contributed by atoms with Gasteiger partial charge in [0.25, 0.3) is 0 Å². The second kappa shape index (κ2) is 7.01. The minimum atomic E-state index is 0.398. The van der Waals surface area contributed by atoms with Crippen LogP contribution in [0.5, 0.6) is 0 Å². The Labute approximate surface area is 115 Å². The molecule has 1 aromatic rings. The van der Waals surface area contributed by atoms with Crippen molar-refractivity contribution in [2.75, 3.05) is 6.54 Å². The van der Waals surface area contributed by atoms with Crippen LogP contribution in [0.3, 0.4) is 0 Å². The highest BCUT2D eigenvalue weighted by Gasteiger charge is 2.25. The van der Waals surface area contributed by atoms with Gasteiger partial charge in [0.05, 0.1) is 6.54 Å². The molecule has 5 nitrogen and oxygen atoms in total. The summed E-state index contributed by atoms with van der Waals surface area (Å²) < 4.78 is 5.63. The molecule has 0 aromatic carbocycles. The van der Waals surface area contributed by atoms with Crippen molar-refractivity contribution in [1.82, 2.24) is 15.1 Å². The number of rotatable bonds is 6. The molecule has 108 valence electrons. The van der Waals surface area contributed by atoms with E-state index in [9.17, 15) is 0 Å². The van der Waals surface area contributed by atoms with Gasteiger partial charge in [-0.15, -0.1) is 10.2 Å². The fraction of sp³-hybridized carbons (Fsp3) is 0.857. The first kappa shape index (κ1) is 14.5. The van der Waals surface area contributed by atoms with Crippen LogP contribution in [0, 0.1) is 0 Å². The molecule has 2 rings (SSSR count). The van der Waals surface area contributed by atoms with Gasteiger partial charge in [-0.2, -0.15) is 0 Å². The highest BCUT2D eigenvalue weighted by atomic mass is 16.4. The maximum absolute atomic E-state index is 5.99. The zero-order valence-corrected chi connectivity index (χ0v) is 12.1. The maximum atomic E-state index is 5.99. The van der Waals surface area contributed by atoms with Gasteiger partial charge in [0.1, 0.15) is 0 Å². The molecule has 0 amide bonds. The average molecular weight is 266 g/mol. The quantitative estimate of drug-likeness (QED) is 0.854. The molecule has 5 heteroatoms. The summed E-state index contributed by atoms with van der Waals surface area (Å²) in [5, 5.41) is 8.18. The minimum Gasteiger partial charge on any atom is -0.424 e. The molecule has 1 saturated carbocycles. The van der Waals surface area contributed by atoms with E-state index in [1.165, 1.54) is 12.8 Å². The molecule has 0 aliphatic heterocycles. The first-order valence-corrected chi connectivity index (χ1v) is 7.53. The van der Waals surface area contributed by atoms with Crippen LogP contribution in [0.15, 0.2) is 4.42 Å². The molecule has 0 spiro atoms. The highest BCUT2D eigenvalue weighted by Crippen LogP contribution is 2.23. The fourth-order valence-corrected chi connectivity index (χ4v) is 2.81. The third-order valence-corrected chi connectivity index (χ3v) is 3.92. The normalized spacial score (nSPS) is 24.0. The topological polar surface area (TPSA) is 68.2 Å². The van der Waals surface area contributed by atoms with Crippen molar-refractivity contribution in [1.29, 1.82) is 0 Å². The average Bonchev–Trinajstić information content (AvgIpc) is 2.87. The monoisotopic (exact) mass is 266 g/mol. The third kappa shape index (κ3) is 4.01. The van der Waals surface area contributed by atoms with Crippen LogP contribution in [0.2, 0.25) is 0 Å². The van der Waals surface area contributed by atoms with E-state index in [-0.39, 0.29) is 0 Å². The second-order valence-corrected chi connectivity index (χ2v) is 5.48. The Bertz CT molecular complexity index is 371. The zero-order valence-electron chi connectivity index (χ0n) is 12.1. The Balaban J connectivity index is 1.95. The number of aryl methyl sites for hydroxylation is 1. The molecule has 0 atom stereocenters. The molecule has 1 fully saturated rings. The molecule has 0 unspecified atom stereocenters. The summed E-state index contributed by atoms with van der Waals surface area (Å²) in [5.41, 5.74) is 5.99. The Morgan fingerprint density at radius 2 is 1.84 bits per heavy atom.